The zero-order valence-electron chi connectivity index (χ0n) is 16.8. The van der Waals surface area contributed by atoms with Crippen LogP contribution in [0.25, 0.3) is 10.6 Å². The lowest BCUT2D eigenvalue weighted by Gasteiger charge is -2.05. The zero-order valence-corrected chi connectivity index (χ0v) is 17.6. The number of nitrogens with one attached hydrogen (secondary N) is 1. The van der Waals surface area contributed by atoms with Crippen LogP contribution in [0.1, 0.15) is 33.4 Å². The van der Waals surface area contributed by atoms with E-state index in [1.165, 1.54) is 16.9 Å². The third-order valence-corrected chi connectivity index (χ3v) is 5.60. The van der Waals surface area contributed by atoms with Crippen molar-refractivity contribution in [3.05, 3.63) is 76.3 Å². The number of rotatable bonds is 7. The topological polar surface area (TPSA) is 85.4 Å². The molecule has 0 bridgehead atoms. The second-order valence-corrected chi connectivity index (χ2v) is 7.69. The van der Waals surface area contributed by atoms with Crippen molar-refractivity contribution in [2.24, 2.45) is 0 Å². The van der Waals surface area contributed by atoms with Gasteiger partial charge in [-0.2, -0.15) is 0 Å². The Kier molecular flexibility index (Phi) is 7.08. The van der Waals surface area contributed by atoms with Crippen LogP contribution in [0.4, 0.5) is 0 Å². The summed E-state index contributed by atoms with van der Waals surface area (Å²) in [5.41, 5.74) is 3.47. The molecule has 0 saturated carbocycles. The summed E-state index contributed by atoms with van der Waals surface area (Å²) in [7, 11) is 0. The number of aryl methyl sites for hydroxylation is 2. The lowest BCUT2D eigenvalue weighted by atomic mass is 10.1. The van der Waals surface area contributed by atoms with Gasteiger partial charge in [0.1, 0.15) is 9.88 Å². The highest BCUT2D eigenvalue weighted by Gasteiger charge is 2.19. The molecule has 1 N–H and O–H groups in total. The van der Waals surface area contributed by atoms with Crippen molar-refractivity contribution in [2.45, 2.75) is 26.7 Å². The predicted molar refractivity (Wildman–Crippen MR) is 115 cm³/mol. The van der Waals surface area contributed by atoms with Crippen LogP contribution in [-0.4, -0.2) is 29.4 Å². The van der Waals surface area contributed by atoms with E-state index in [1.807, 2.05) is 42.5 Å². The van der Waals surface area contributed by atoms with Gasteiger partial charge in [-0.05, 0) is 24.5 Å². The van der Waals surface area contributed by atoms with Gasteiger partial charge >= 0.3 is 5.97 Å². The van der Waals surface area contributed by atoms with Gasteiger partial charge in [-0.3, -0.25) is 14.9 Å². The Hall–Kier alpha value is -3.32. The number of carbonyl (C=O) groups is 3. The fourth-order valence-electron chi connectivity index (χ4n) is 2.81. The molecule has 154 valence electrons. The molecule has 0 fully saturated rings. The molecule has 0 aliphatic heterocycles. The standard InChI is InChI=1S/C23H22N2O4S/c1-3-16-9-11-18(12-10-16)22-24-15(2)21(30-22)23(28)29-14-20(27)25-19(26)13-17-7-5-4-6-8-17/h4-12H,3,13-14H2,1-2H3,(H,25,26,27). The molecule has 0 spiro atoms. The number of hydrogen-bond donors (Lipinski definition) is 1. The van der Waals surface area contributed by atoms with Gasteiger partial charge in [0.2, 0.25) is 5.91 Å². The van der Waals surface area contributed by atoms with Gasteiger partial charge in [0.15, 0.2) is 6.61 Å². The molecule has 0 radical (unpaired) electrons. The van der Waals surface area contributed by atoms with Gasteiger partial charge in [-0.1, -0.05) is 61.5 Å². The molecule has 0 atom stereocenters. The van der Waals surface area contributed by atoms with E-state index in [-0.39, 0.29) is 6.42 Å². The minimum atomic E-state index is -0.665. The number of esters is 1. The van der Waals surface area contributed by atoms with Crippen LogP contribution < -0.4 is 5.32 Å². The maximum Gasteiger partial charge on any atom is 0.350 e. The number of nitrogens with zero attached hydrogens (tertiary/aromatic N) is 1. The maximum absolute atomic E-state index is 12.4. The van der Waals surface area contributed by atoms with Crippen molar-refractivity contribution in [1.82, 2.24) is 10.3 Å². The first kappa shape index (κ1) is 21.4. The number of ether oxygens (including phenoxy) is 1. The Morgan fingerprint density at radius 1 is 0.967 bits per heavy atom. The second-order valence-electron chi connectivity index (χ2n) is 6.69. The van der Waals surface area contributed by atoms with Crippen molar-refractivity contribution in [3.8, 4) is 10.6 Å². The van der Waals surface area contributed by atoms with Crippen LogP contribution in [-0.2, 0) is 27.2 Å². The van der Waals surface area contributed by atoms with E-state index < -0.39 is 24.4 Å². The molecular weight excluding hydrogens is 400 g/mol. The summed E-state index contributed by atoms with van der Waals surface area (Å²) >= 11 is 1.22. The van der Waals surface area contributed by atoms with E-state index in [0.717, 1.165) is 17.5 Å². The monoisotopic (exact) mass is 422 g/mol. The number of hydrogen-bond acceptors (Lipinski definition) is 6. The molecule has 2 aromatic carbocycles. The molecule has 3 aromatic rings. The van der Waals surface area contributed by atoms with Gasteiger partial charge < -0.3 is 4.74 Å². The van der Waals surface area contributed by atoms with E-state index in [9.17, 15) is 14.4 Å². The molecule has 0 unspecified atom stereocenters. The molecule has 0 aliphatic rings. The van der Waals surface area contributed by atoms with Crippen molar-refractivity contribution >= 4 is 29.1 Å². The van der Waals surface area contributed by atoms with E-state index in [0.29, 0.717) is 15.6 Å². The van der Waals surface area contributed by atoms with Gasteiger partial charge in [0.05, 0.1) is 12.1 Å². The summed E-state index contributed by atoms with van der Waals surface area (Å²) in [6.07, 6.45) is 1.03. The second kappa shape index (κ2) is 9.93. The number of carbonyl (C=O) groups excluding carboxylic acids is 3. The van der Waals surface area contributed by atoms with Gasteiger partial charge in [-0.15, -0.1) is 11.3 Å². The van der Waals surface area contributed by atoms with Crippen molar-refractivity contribution in [2.75, 3.05) is 6.61 Å². The first-order chi connectivity index (χ1) is 14.5. The minimum Gasteiger partial charge on any atom is -0.451 e. The first-order valence-corrected chi connectivity index (χ1v) is 10.4. The van der Waals surface area contributed by atoms with Crippen LogP contribution in [0, 0.1) is 6.92 Å². The highest BCUT2D eigenvalue weighted by atomic mass is 32.1. The minimum absolute atomic E-state index is 0.0780. The number of imide groups is 1. The van der Waals surface area contributed by atoms with Crippen LogP contribution in [0.15, 0.2) is 54.6 Å². The summed E-state index contributed by atoms with van der Waals surface area (Å²) in [4.78, 5) is 41.0. The quantitative estimate of drug-likeness (QED) is 0.587. The summed E-state index contributed by atoms with van der Waals surface area (Å²) in [6.45, 7) is 3.28. The predicted octanol–water partition coefficient (Wildman–Crippen LogP) is 3.72. The fraction of sp³-hybridized carbons (Fsp3) is 0.217. The van der Waals surface area contributed by atoms with Crippen molar-refractivity contribution in [3.63, 3.8) is 0 Å². The SMILES string of the molecule is CCc1ccc(-c2nc(C)c(C(=O)OCC(=O)NC(=O)Cc3ccccc3)s2)cc1. The Bertz CT molecular complexity index is 1040. The van der Waals surface area contributed by atoms with Crippen molar-refractivity contribution in [1.29, 1.82) is 0 Å². The van der Waals surface area contributed by atoms with Gasteiger partial charge in [0.25, 0.3) is 5.91 Å². The Morgan fingerprint density at radius 2 is 1.67 bits per heavy atom. The van der Waals surface area contributed by atoms with Gasteiger partial charge in [0, 0.05) is 5.56 Å². The first-order valence-electron chi connectivity index (χ1n) is 9.56. The normalized spacial score (nSPS) is 10.5. The number of aromatic nitrogens is 1. The highest BCUT2D eigenvalue weighted by Crippen LogP contribution is 2.28. The largest absolute Gasteiger partial charge is 0.451 e. The van der Waals surface area contributed by atoms with Crippen LogP contribution >= 0.6 is 11.3 Å². The molecule has 1 heterocycles. The summed E-state index contributed by atoms with van der Waals surface area (Å²) in [5, 5.41) is 2.94. The molecule has 2 amide bonds. The van der Waals surface area contributed by atoms with Crippen molar-refractivity contribution < 1.29 is 19.1 Å². The average Bonchev–Trinajstić information content (AvgIpc) is 3.14. The number of thiazole rings is 1. The summed E-state index contributed by atoms with van der Waals surface area (Å²) in [5.74, 6) is -1.75. The van der Waals surface area contributed by atoms with Gasteiger partial charge in [-0.25, -0.2) is 9.78 Å². The molecule has 0 aliphatic carbocycles. The third kappa shape index (κ3) is 5.61. The van der Waals surface area contributed by atoms with E-state index in [4.69, 9.17) is 4.74 Å². The fourth-order valence-corrected chi connectivity index (χ4v) is 3.77. The third-order valence-electron chi connectivity index (χ3n) is 4.41. The molecule has 7 heteroatoms. The molecular formula is C23H22N2O4S. The number of amides is 2. The Labute approximate surface area is 178 Å². The van der Waals surface area contributed by atoms with E-state index in [2.05, 4.69) is 17.2 Å². The number of benzene rings is 2. The molecule has 0 saturated heterocycles. The van der Waals surface area contributed by atoms with E-state index >= 15 is 0 Å². The Balaban J connectivity index is 1.54. The summed E-state index contributed by atoms with van der Waals surface area (Å²) in [6, 6.07) is 17.1. The molecule has 30 heavy (non-hydrogen) atoms. The highest BCUT2D eigenvalue weighted by molar-refractivity contribution is 7.17. The van der Waals surface area contributed by atoms with Crippen LogP contribution in [0.3, 0.4) is 0 Å². The van der Waals surface area contributed by atoms with Crippen LogP contribution in [0.2, 0.25) is 0 Å². The van der Waals surface area contributed by atoms with Crippen LogP contribution in [0.5, 0.6) is 0 Å². The molecule has 3 rings (SSSR count). The lowest BCUT2D eigenvalue weighted by Crippen LogP contribution is -2.35. The average molecular weight is 423 g/mol. The smallest absolute Gasteiger partial charge is 0.350 e. The molecule has 6 nitrogen and oxygen atoms in total. The Morgan fingerprint density at radius 3 is 2.33 bits per heavy atom. The zero-order chi connectivity index (χ0) is 21.5. The maximum atomic E-state index is 12.4. The molecule has 1 aromatic heterocycles. The summed E-state index contributed by atoms with van der Waals surface area (Å²) < 4.78 is 5.07. The lowest BCUT2D eigenvalue weighted by molar-refractivity contribution is -0.132. The van der Waals surface area contributed by atoms with E-state index in [1.54, 1.807) is 19.1 Å².